The van der Waals surface area contributed by atoms with Crippen LogP contribution in [0.5, 0.6) is 5.75 Å². The molecule has 3 rings (SSSR count). The first-order valence-electron chi connectivity index (χ1n) is 5.66. The van der Waals surface area contributed by atoms with Crippen LogP contribution in [0.15, 0.2) is 24.3 Å². The zero-order valence-corrected chi connectivity index (χ0v) is 10.3. The number of aromatic hydroxyl groups is 1. The molecule has 18 heavy (non-hydrogen) atoms. The molecule has 2 aromatic rings. The van der Waals surface area contributed by atoms with Gasteiger partial charge in [-0.15, -0.1) is 0 Å². The summed E-state index contributed by atoms with van der Waals surface area (Å²) in [5.41, 5.74) is 2.55. The normalized spacial score (nSPS) is 14.3. The van der Waals surface area contributed by atoms with E-state index in [0.717, 1.165) is 23.2 Å². The third-order valence-electron chi connectivity index (χ3n) is 2.88. The van der Waals surface area contributed by atoms with Crippen LogP contribution in [0.1, 0.15) is 11.3 Å². The van der Waals surface area contributed by atoms with Crippen LogP contribution in [-0.2, 0) is 17.8 Å². The van der Waals surface area contributed by atoms with E-state index in [1.165, 1.54) is 0 Å². The number of phenols is 1. The molecule has 0 atom stereocenters. The van der Waals surface area contributed by atoms with Gasteiger partial charge in [0.2, 0.25) is 0 Å². The lowest BCUT2D eigenvalue weighted by Gasteiger charge is -2.17. The maximum atomic E-state index is 9.47. The number of hydrogen-bond donors (Lipinski definition) is 1. The van der Waals surface area contributed by atoms with Crippen LogP contribution >= 0.6 is 11.6 Å². The fourth-order valence-electron chi connectivity index (χ4n) is 1.97. The molecule has 0 radical (unpaired) electrons. The van der Waals surface area contributed by atoms with Gasteiger partial charge in [-0.2, -0.15) is 0 Å². The maximum absolute atomic E-state index is 9.47. The minimum Gasteiger partial charge on any atom is -0.508 e. The Balaban J connectivity index is 2.11. The summed E-state index contributed by atoms with van der Waals surface area (Å²) < 4.78 is 5.34. The Hall–Kier alpha value is -1.65. The van der Waals surface area contributed by atoms with Gasteiger partial charge >= 0.3 is 0 Å². The molecule has 0 amide bonds. The molecule has 92 valence electrons. The van der Waals surface area contributed by atoms with Crippen LogP contribution in [-0.4, -0.2) is 21.7 Å². The second kappa shape index (κ2) is 4.55. The van der Waals surface area contributed by atoms with E-state index in [1.54, 1.807) is 18.2 Å². The number of rotatable bonds is 1. The topological polar surface area (TPSA) is 55.2 Å². The smallest absolute Gasteiger partial charge is 0.161 e. The van der Waals surface area contributed by atoms with Crippen molar-refractivity contribution in [2.24, 2.45) is 0 Å². The van der Waals surface area contributed by atoms with Crippen molar-refractivity contribution < 1.29 is 9.84 Å². The Morgan fingerprint density at radius 1 is 1.28 bits per heavy atom. The average Bonchev–Trinajstić information content (AvgIpc) is 2.39. The van der Waals surface area contributed by atoms with E-state index in [0.29, 0.717) is 24.2 Å². The van der Waals surface area contributed by atoms with Crippen molar-refractivity contribution in [2.75, 3.05) is 6.61 Å². The number of ether oxygens (including phenoxy) is 1. The van der Waals surface area contributed by atoms with Crippen molar-refractivity contribution in [1.82, 2.24) is 9.97 Å². The van der Waals surface area contributed by atoms with Crippen molar-refractivity contribution in [2.45, 2.75) is 13.0 Å². The summed E-state index contributed by atoms with van der Waals surface area (Å²) in [6.45, 7) is 1.12. The highest BCUT2D eigenvalue weighted by atomic mass is 35.5. The van der Waals surface area contributed by atoms with E-state index in [2.05, 4.69) is 9.97 Å². The number of fused-ring (bicyclic) bond motifs is 1. The molecule has 2 heterocycles. The Morgan fingerprint density at radius 3 is 3.00 bits per heavy atom. The minimum atomic E-state index is 0.188. The van der Waals surface area contributed by atoms with Crippen LogP contribution in [0.2, 0.25) is 5.15 Å². The lowest BCUT2D eigenvalue weighted by molar-refractivity contribution is 0.109. The van der Waals surface area contributed by atoms with Gasteiger partial charge in [0, 0.05) is 17.5 Å². The van der Waals surface area contributed by atoms with E-state index >= 15 is 0 Å². The summed E-state index contributed by atoms with van der Waals surface area (Å²) in [4.78, 5) is 8.76. The molecular weight excluding hydrogens is 252 g/mol. The molecule has 1 N–H and O–H groups in total. The number of phenolic OH excluding ortho intramolecular Hbond substituents is 1. The van der Waals surface area contributed by atoms with Crippen molar-refractivity contribution >= 4 is 11.6 Å². The zero-order chi connectivity index (χ0) is 12.5. The molecular formula is C13H11ClN2O2. The molecule has 0 unspecified atom stereocenters. The van der Waals surface area contributed by atoms with E-state index in [4.69, 9.17) is 16.3 Å². The Bertz CT molecular complexity index is 602. The van der Waals surface area contributed by atoms with Crippen molar-refractivity contribution in [3.8, 4) is 17.1 Å². The van der Waals surface area contributed by atoms with Gasteiger partial charge in [0.05, 0.1) is 18.9 Å². The van der Waals surface area contributed by atoms with E-state index in [9.17, 15) is 5.11 Å². The standard InChI is InChI=1S/C13H11ClN2O2/c14-12-10-7-18-5-4-11(10)15-13(16-12)8-2-1-3-9(17)6-8/h1-3,6,17H,4-5,7H2. The number of halogens is 1. The molecule has 0 spiro atoms. The summed E-state index contributed by atoms with van der Waals surface area (Å²) in [5.74, 6) is 0.727. The Kier molecular flexibility index (Phi) is 2.89. The number of aromatic nitrogens is 2. The van der Waals surface area contributed by atoms with Gasteiger partial charge in [0.15, 0.2) is 5.82 Å². The minimum absolute atomic E-state index is 0.188. The summed E-state index contributed by atoms with van der Waals surface area (Å²) >= 11 is 6.14. The third-order valence-corrected chi connectivity index (χ3v) is 3.19. The average molecular weight is 263 g/mol. The second-order valence-corrected chi connectivity index (χ2v) is 4.47. The molecule has 0 saturated heterocycles. The second-order valence-electron chi connectivity index (χ2n) is 4.12. The van der Waals surface area contributed by atoms with Gasteiger partial charge in [-0.3, -0.25) is 0 Å². The molecule has 1 aliphatic heterocycles. The first-order chi connectivity index (χ1) is 8.74. The van der Waals surface area contributed by atoms with Crippen molar-refractivity contribution in [3.05, 3.63) is 40.7 Å². The molecule has 0 fully saturated rings. The molecule has 0 bridgehead atoms. The van der Waals surface area contributed by atoms with Crippen LogP contribution < -0.4 is 0 Å². The number of hydrogen-bond acceptors (Lipinski definition) is 4. The summed E-state index contributed by atoms with van der Waals surface area (Å²) in [5, 5.41) is 9.90. The lowest BCUT2D eigenvalue weighted by atomic mass is 10.1. The van der Waals surface area contributed by atoms with E-state index < -0.39 is 0 Å². The molecule has 1 aliphatic rings. The molecule has 4 nitrogen and oxygen atoms in total. The van der Waals surface area contributed by atoms with Gasteiger partial charge < -0.3 is 9.84 Å². The van der Waals surface area contributed by atoms with Gasteiger partial charge in [-0.05, 0) is 12.1 Å². The molecule has 5 heteroatoms. The number of benzene rings is 1. The first-order valence-corrected chi connectivity index (χ1v) is 6.04. The first kappa shape index (κ1) is 11.4. The predicted octanol–water partition coefficient (Wildman–Crippen LogP) is 2.58. The van der Waals surface area contributed by atoms with E-state index in [1.807, 2.05) is 6.07 Å². The highest BCUT2D eigenvalue weighted by Crippen LogP contribution is 2.27. The monoisotopic (exact) mass is 262 g/mol. The highest BCUT2D eigenvalue weighted by molar-refractivity contribution is 6.30. The van der Waals surface area contributed by atoms with Gasteiger partial charge in [0.1, 0.15) is 10.9 Å². The van der Waals surface area contributed by atoms with Gasteiger partial charge in [0.25, 0.3) is 0 Å². The maximum Gasteiger partial charge on any atom is 0.161 e. The highest BCUT2D eigenvalue weighted by Gasteiger charge is 2.17. The fraction of sp³-hybridized carbons (Fsp3) is 0.231. The van der Waals surface area contributed by atoms with Gasteiger partial charge in [-0.1, -0.05) is 23.7 Å². The Labute approximate surface area is 109 Å². The fourth-order valence-corrected chi connectivity index (χ4v) is 2.21. The van der Waals surface area contributed by atoms with Crippen LogP contribution in [0.4, 0.5) is 0 Å². The van der Waals surface area contributed by atoms with Crippen LogP contribution in [0.3, 0.4) is 0 Å². The number of nitrogens with zero attached hydrogens (tertiary/aromatic N) is 2. The Morgan fingerprint density at radius 2 is 2.17 bits per heavy atom. The van der Waals surface area contributed by atoms with Crippen molar-refractivity contribution in [1.29, 1.82) is 0 Å². The predicted molar refractivity (Wildman–Crippen MR) is 67.5 cm³/mol. The molecule has 1 aromatic heterocycles. The SMILES string of the molecule is Oc1cccc(-c2nc(Cl)c3c(n2)CCOC3)c1. The van der Waals surface area contributed by atoms with Crippen LogP contribution in [0.25, 0.3) is 11.4 Å². The molecule has 0 saturated carbocycles. The van der Waals surface area contributed by atoms with Crippen LogP contribution in [0, 0.1) is 0 Å². The summed E-state index contributed by atoms with van der Waals surface area (Å²) in [6, 6.07) is 6.83. The molecule has 1 aromatic carbocycles. The quantitative estimate of drug-likeness (QED) is 0.803. The van der Waals surface area contributed by atoms with Gasteiger partial charge in [-0.25, -0.2) is 9.97 Å². The molecule has 0 aliphatic carbocycles. The summed E-state index contributed by atoms with van der Waals surface area (Å²) in [7, 11) is 0. The van der Waals surface area contributed by atoms with E-state index in [-0.39, 0.29) is 5.75 Å². The van der Waals surface area contributed by atoms with Crippen molar-refractivity contribution in [3.63, 3.8) is 0 Å². The third kappa shape index (κ3) is 2.05. The lowest BCUT2D eigenvalue weighted by Crippen LogP contribution is -2.14. The zero-order valence-electron chi connectivity index (χ0n) is 9.56. The largest absolute Gasteiger partial charge is 0.508 e. The summed E-state index contributed by atoms with van der Waals surface area (Å²) in [6.07, 6.45) is 0.739.